The Bertz CT molecular complexity index is 385. The SMILES string of the molecule is NCC1(c2cccc(Cl)c2F)CC1CO. The summed E-state index contributed by atoms with van der Waals surface area (Å²) in [6.07, 6.45) is 0.733. The van der Waals surface area contributed by atoms with Gasteiger partial charge in [0.25, 0.3) is 0 Å². The van der Waals surface area contributed by atoms with Gasteiger partial charge in [-0.1, -0.05) is 23.7 Å². The Morgan fingerprint density at radius 3 is 2.87 bits per heavy atom. The zero-order chi connectivity index (χ0) is 11.1. The summed E-state index contributed by atoms with van der Waals surface area (Å²) in [5.74, 6) is -0.337. The van der Waals surface area contributed by atoms with Crippen molar-refractivity contribution in [1.82, 2.24) is 0 Å². The molecule has 4 heteroatoms. The fraction of sp³-hybridized carbons (Fsp3) is 0.455. The molecule has 1 fully saturated rings. The minimum Gasteiger partial charge on any atom is -0.396 e. The largest absolute Gasteiger partial charge is 0.396 e. The van der Waals surface area contributed by atoms with E-state index in [-0.39, 0.29) is 17.5 Å². The Hall–Kier alpha value is -0.640. The van der Waals surface area contributed by atoms with Gasteiger partial charge < -0.3 is 10.8 Å². The van der Waals surface area contributed by atoms with Gasteiger partial charge >= 0.3 is 0 Å². The summed E-state index contributed by atoms with van der Waals surface area (Å²) in [6.45, 7) is 0.388. The summed E-state index contributed by atoms with van der Waals surface area (Å²) in [5, 5.41) is 9.20. The molecule has 2 rings (SSSR count). The van der Waals surface area contributed by atoms with E-state index in [1.165, 1.54) is 6.07 Å². The van der Waals surface area contributed by atoms with E-state index in [0.29, 0.717) is 12.1 Å². The summed E-state index contributed by atoms with van der Waals surface area (Å²) >= 11 is 5.72. The van der Waals surface area contributed by atoms with E-state index in [2.05, 4.69) is 0 Å². The van der Waals surface area contributed by atoms with Crippen molar-refractivity contribution in [3.63, 3.8) is 0 Å². The maximum Gasteiger partial charge on any atom is 0.145 e. The van der Waals surface area contributed by atoms with Crippen molar-refractivity contribution in [3.05, 3.63) is 34.6 Å². The molecule has 2 unspecified atom stereocenters. The fourth-order valence-electron chi connectivity index (χ4n) is 2.20. The molecule has 0 amide bonds. The third-order valence-electron chi connectivity index (χ3n) is 3.30. The van der Waals surface area contributed by atoms with Crippen molar-refractivity contribution in [2.45, 2.75) is 11.8 Å². The minimum absolute atomic E-state index is 0.0448. The van der Waals surface area contributed by atoms with E-state index < -0.39 is 11.2 Å². The van der Waals surface area contributed by atoms with Crippen LogP contribution in [-0.4, -0.2) is 18.3 Å². The topological polar surface area (TPSA) is 46.2 Å². The molecular formula is C11H13ClFNO. The second-order valence-corrected chi connectivity index (χ2v) is 4.45. The average molecular weight is 230 g/mol. The van der Waals surface area contributed by atoms with Crippen LogP contribution in [0, 0.1) is 11.7 Å². The van der Waals surface area contributed by atoms with Gasteiger partial charge in [-0.25, -0.2) is 4.39 Å². The molecule has 15 heavy (non-hydrogen) atoms. The van der Waals surface area contributed by atoms with Crippen LogP contribution in [0.2, 0.25) is 5.02 Å². The molecule has 0 radical (unpaired) electrons. The fourth-order valence-corrected chi connectivity index (χ4v) is 2.37. The number of benzene rings is 1. The highest BCUT2D eigenvalue weighted by Gasteiger charge is 2.55. The molecule has 0 bridgehead atoms. The lowest BCUT2D eigenvalue weighted by atomic mass is 9.93. The van der Waals surface area contributed by atoms with Gasteiger partial charge in [0.05, 0.1) is 5.02 Å². The van der Waals surface area contributed by atoms with E-state index in [0.717, 1.165) is 6.42 Å². The lowest BCUT2D eigenvalue weighted by Gasteiger charge is -2.16. The summed E-state index contributed by atoms with van der Waals surface area (Å²) in [6, 6.07) is 4.93. The van der Waals surface area contributed by atoms with Crippen molar-refractivity contribution in [2.75, 3.05) is 13.2 Å². The molecule has 1 aromatic carbocycles. The molecule has 1 aliphatic rings. The molecule has 3 N–H and O–H groups in total. The summed E-state index contributed by atoms with van der Waals surface area (Å²) < 4.78 is 13.8. The first kappa shape index (κ1) is 10.9. The van der Waals surface area contributed by atoms with Crippen molar-refractivity contribution in [1.29, 1.82) is 0 Å². The molecule has 0 aliphatic heterocycles. The van der Waals surface area contributed by atoms with Gasteiger partial charge in [-0.15, -0.1) is 0 Å². The van der Waals surface area contributed by atoms with Crippen LogP contribution in [0.4, 0.5) is 4.39 Å². The van der Waals surface area contributed by atoms with E-state index in [9.17, 15) is 4.39 Å². The quantitative estimate of drug-likeness (QED) is 0.829. The first-order valence-corrected chi connectivity index (χ1v) is 5.29. The van der Waals surface area contributed by atoms with Gasteiger partial charge in [0.1, 0.15) is 5.82 Å². The van der Waals surface area contributed by atoms with Crippen LogP contribution in [0.15, 0.2) is 18.2 Å². The van der Waals surface area contributed by atoms with Crippen LogP contribution in [0.25, 0.3) is 0 Å². The van der Waals surface area contributed by atoms with E-state index >= 15 is 0 Å². The molecule has 0 aromatic heterocycles. The van der Waals surface area contributed by atoms with Crippen molar-refractivity contribution >= 4 is 11.6 Å². The van der Waals surface area contributed by atoms with Crippen LogP contribution < -0.4 is 5.73 Å². The average Bonchev–Trinajstić information content (AvgIpc) is 2.97. The number of rotatable bonds is 3. The molecule has 2 atom stereocenters. The second-order valence-electron chi connectivity index (χ2n) is 4.05. The molecule has 1 aromatic rings. The predicted molar refractivity (Wildman–Crippen MR) is 57.3 cm³/mol. The van der Waals surface area contributed by atoms with Gasteiger partial charge in [0.15, 0.2) is 0 Å². The number of halogens is 2. The van der Waals surface area contributed by atoms with Crippen LogP contribution >= 0.6 is 11.6 Å². The number of aliphatic hydroxyl groups is 1. The summed E-state index contributed by atoms with van der Waals surface area (Å²) in [7, 11) is 0. The van der Waals surface area contributed by atoms with Gasteiger partial charge in [-0.2, -0.15) is 0 Å². The van der Waals surface area contributed by atoms with Gasteiger partial charge in [0, 0.05) is 18.6 Å². The third kappa shape index (κ3) is 1.55. The Labute approximate surface area is 92.9 Å². The van der Waals surface area contributed by atoms with Crippen molar-refractivity contribution in [2.24, 2.45) is 11.7 Å². The maximum atomic E-state index is 13.8. The first-order chi connectivity index (χ1) is 7.15. The molecule has 0 heterocycles. The number of nitrogens with two attached hydrogens (primary N) is 1. The predicted octanol–water partition coefficient (Wildman–Crippen LogP) is 1.69. The van der Waals surface area contributed by atoms with Crippen LogP contribution in [0.5, 0.6) is 0 Å². The molecule has 1 aliphatic carbocycles. The molecule has 1 saturated carbocycles. The lowest BCUT2D eigenvalue weighted by molar-refractivity contribution is 0.263. The zero-order valence-corrected chi connectivity index (χ0v) is 8.97. The van der Waals surface area contributed by atoms with E-state index in [1.807, 2.05) is 0 Å². The summed E-state index contributed by atoms with van der Waals surface area (Å²) in [4.78, 5) is 0. The molecule has 2 nitrogen and oxygen atoms in total. The highest BCUT2D eigenvalue weighted by atomic mass is 35.5. The Morgan fingerprint density at radius 1 is 1.60 bits per heavy atom. The standard InChI is InChI=1S/C11H13ClFNO/c12-9-3-1-2-8(10(9)13)11(6-14)4-7(11)5-15/h1-3,7,15H,4-6,14H2. The number of aliphatic hydroxyl groups excluding tert-OH is 1. The maximum absolute atomic E-state index is 13.8. The smallest absolute Gasteiger partial charge is 0.145 e. The number of hydrogen-bond donors (Lipinski definition) is 2. The monoisotopic (exact) mass is 229 g/mol. The second kappa shape index (κ2) is 3.74. The van der Waals surface area contributed by atoms with Crippen molar-refractivity contribution < 1.29 is 9.50 Å². The van der Waals surface area contributed by atoms with Crippen LogP contribution in [0.3, 0.4) is 0 Å². The van der Waals surface area contributed by atoms with E-state index in [1.54, 1.807) is 12.1 Å². The highest BCUT2D eigenvalue weighted by Crippen LogP contribution is 2.54. The molecule has 0 saturated heterocycles. The highest BCUT2D eigenvalue weighted by molar-refractivity contribution is 6.30. The Balaban J connectivity index is 2.41. The molecule has 82 valence electrons. The van der Waals surface area contributed by atoms with Gasteiger partial charge in [-0.05, 0) is 24.0 Å². The number of hydrogen-bond acceptors (Lipinski definition) is 2. The third-order valence-corrected chi connectivity index (χ3v) is 3.60. The molecular weight excluding hydrogens is 217 g/mol. The summed E-state index contributed by atoms with van der Waals surface area (Å²) in [5.41, 5.74) is 5.80. The zero-order valence-electron chi connectivity index (χ0n) is 8.21. The first-order valence-electron chi connectivity index (χ1n) is 4.91. The van der Waals surface area contributed by atoms with Crippen molar-refractivity contribution in [3.8, 4) is 0 Å². The van der Waals surface area contributed by atoms with Crippen LogP contribution in [0.1, 0.15) is 12.0 Å². The van der Waals surface area contributed by atoms with E-state index in [4.69, 9.17) is 22.4 Å². The minimum atomic E-state index is -0.402. The normalized spacial score (nSPS) is 29.2. The lowest BCUT2D eigenvalue weighted by Crippen LogP contribution is -2.24. The van der Waals surface area contributed by atoms with Crippen LogP contribution in [-0.2, 0) is 5.41 Å². The Kier molecular flexibility index (Phi) is 2.71. The van der Waals surface area contributed by atoms with Gasteiger partial charge in [0.2, 0.25) is 0 Å². The Morgan fingerprint density at radius 2 is 2.33 bits per heavy atom. The van der Waals surface area contributed by atoms with Gasteiger partial charge in [-0.3, -0.25) is 0 Å². The molecule has 0 spiro atoms.